The minimum atomic E-state index is -4.81. The number of fused-ring (bicyclic) bond motifs is 1. The molecule has 0 unspecified atom stereocenters. The van der Waals surface area contributed by atoms with Crippen LogP contribution in [0.4, 0.5) is 24.5 Å². The van der Waals surface area contributed by atoms with E-state index in [1.165, 1.54) is 19.1 Å². The molecular weight excluding hydrogens is 435 g/mol. The largest absolute Gasteiger partial charge is 0.435 e. The second kappa shape index (κ2) is 8.12. The van der Waals surface area contributed by atoms with Gasteiger partial charge < -0.3 is 15.2 Å². The molecule has 0 atom stereocenters. The Kier molecular flexibility index (Phi) is 5.44. The Hall–Kier alpha value is -4.08. The smallest absolute Gasteiger partial charge is 0.376 e. The first-order valence-corrected chi connectivity index (χ1v) is 9.95. The van der Waals surface area contributed by atoms with Gasteiger partial charge in [-0.2, -0.15) is 22.8 Å². The molecule has 2 N–H and O–H groups in total. The van der Waals surface area contributed by atoms with Gasteiger partial charge in [-0.05, 0) is 24.6 Å². The predicted molar refractivity (Wildman–Crippen MR) is 120 cm³/mol. The van der Waals surface area contributed by atoms with E-state index in [4.69, 9.17) is 0 Å². The van der Waals surface area contributed by atoms with E-state index in [1.807, 2.05) is 0 Å². The van der Waals surface area contributed by atoms with E-state index in [0.29, 0.717) is 15.9 Å². The number of carbonyl (C=O) groups excluding carboxylic acids is 1. The number of aromatic amines is 1. The average Bonchev–Trinajstić information content (AvgIpc) is 3.15. The fraction of sp³-hybridized carbons (Fsp3) is 0.174. The van der Waals surface area contributed by atoms with Crippen molar-refractivity contribution in [3.8, 4) is 11.1 Å². The Morgan fingerprint density at radius 2 is 1.70 bits per heavy atom. The van der Waals surface area contributed by atoms with E-state index >= 15 is 0 Å². The molecule has 4 rings (SSSR count). The quantitative estimate of drug-likeness (QED) is 0.480. The van der Waals surface area contributed by atoms with Crippen molar-refractivity contribution in [2.45, 2.75) is 13.1 Å². The lowest BCUT2D eigenvalue weighted by molar-refractivity contribution is -0.140. The molecule has 2 aromatic heterocycles. The molecule has 10 heteroatoms. The van der Waals surface area contributed by atoms with Crippen LogP contribution in [0.15, 0.2) is 59.4 Å². The first kappa shape index (κ1) is 22.1. The lowest BCUT2D eigenvalue weighted by Gasteiger charge is -2.18. The average molecular weight is 455 g/mol. The Balaban J connectivity index is 1.90. The summed E-state index contributed by atoms with van der Waals surface area (Å²) in [6.45, 7) is 1.46. The van der Waals surface area contributed by atoms with Crippen molar-refractivity contribution in [2.75, 3.05) is 24.3 Å². The summed E-state index contributed by atoms with van der Waals surface area (Å²) in [5, 5.41) is 6.23. The molecule has 0 aliphatic heterocycles. The standard InChI is InChI=1S/C23H20F3N5O2/c1-13-17(21(32)28-15-11-7-8-12-16(15)30(2)3)22(33)31-20(27-13)18(14-9-5-4-6-10-14)19(29-31)23(24,25)26/h4-12,27H,1-3H3,(H,28,32). The highest BCUT2D eigenvalue weighted by molar-refractivity contribution is 6.06. The highest BCUT2D eigenvalue weighted by atomic mass is 19.4. The van der Waals surface area contributed by atoms with Gasteiger partial charge in [0.2, 0.25) is 0 Å². The van der Waals surface area contributed by atoms with Gasteiger partial charge in [0.1, 0.15) is 11.2 Å². The molecule has 0 spiro atoms. The number of halogens is 3. The van der Waals surface area contributed by atoms with Crippen LogP contribution in [-0.4, -0.2) is 34.6 Å². The molecule has 0 bridgehead atoms. The minimum Gasteiger partial charge on any atom is -0.376 e. The zero-order valence-electron chi connectivity index (χ0n) is 18.0. The van der Waals surface area contributed by atoms with Crippen LogP contribution in [0.25, 0.3) is 16.8 Å². The number of nitrogens with zero attached hydrogens (tertiary/aromatic N) is 3. The molecule has 7 nitrogen and oxygen atoms in total. The number of anilines is 2. The number of aryl methyl sites for hydroxylation is 1. The first-order valence-electron chi connectivity index (χ1n) is 9.95. The van der Waals surface area contributed by atoms with Crippen molar-refractivity contribution in [2.24, 2.45) is 0 Å². The third-order valence-electron chi connectivity index (χ3n) is 5.16. The molecule has 0 aliphatic carbocycles. The molecule has 170 valence electrons. The molecule has 0 saturated heterocycles. The normalized spacial score (nSPS) is 11.6. The van der Waals surface area contributed by atoms with Crippen LogP contribution in [0.5, 0.6) is 0 Å². The summed E-state index contributed by atoms with van der Waals surface area (Å²) in [4.78, 5) is 30.8. The van der Waals surface area contributed by atoms with Gasteiger partial charge in [-0.3, -0.25) is 9.59 Å². The zero-order chi connectivity index (χ0) is 23.9. The van der Waals surface area contributed by atoms with Crippen molar-refractivity contribution < 1.29 is 18.0 Å². The number of aromatic nitrogens is 3. The summed E-state index contributed by atoms with van der Waals surface area (Å²) in [5.41, 5.74) is -1.36. The predicted octanol–water partition coefficient (Wildman–Crippen LogP) is 4.34. The topological polar surface area (TPSA) is 82.5 Å². The van der Waals surface area contributed by atoms with Crippen molar-refractivity contribution in [1.29, 1.82) is 0 Å². The summed E-state index contributed by atoms with van der Waals surface area (Å²) in [6.07, 6.45) is -4.81. The third-order valence-corrected chi connectivity index (χ3v) is 5.16. The second-order valence-corrected chi connectivity index (χ2v) is 7.64. The van der Waals surface area contributed by atoms with Crippen LogP contribution >= 0.6 is 0 Å². The van der Waals surface area contributed by atoms with Gasteiger partial charge in [-0.1, -0.05) is 42.5 Å². The fourth-order valence-electron chi connectivity index (χ4n) is 3.69. The molecule has 0 aliphatic rings. The van der Waals surface area contributed by atoms with Crippen LogP contribution in [0.2, 0.25) is 0 Å². The lowest BCUT2D eigenvalue weighted by atomic mass is 10.1. The maximum absolute atomic E-state index is 13.8. The van der Waals surface area contributed by atoms with Crippen molar-refractivity contribution in [3.05, 3.63) is 81.9 Å². The zero-order valence-corrected chi connectivity index (χ0v) is 18.0. The summed E-state index contributed by atoms with van der Waals surface area (Å²) >= 11 is 0. The van der Waals surface area contributed by atoms with Crippen LogP contribution in [-0.2, 0) is 6.18 Å². The van der Waals surface area contributed by atoms with E-state index in [9.17, 15) is 22.8 Å². The maximum Gasteiger partial charge on any atom is 0.435 e. The lowest BCUT2D eigenvalue weighted by Crippen LogP contribution is -2.29. The van der Waals surface area contributed by atoms with Gasteiger partial charge in [-0.15, -0.1) is 0 Å². The number of benzene rings is 2. The molecule has 0 fully saturated rings. The van der Waals surface area contributed by atoms with Crippen molar-refractivity contribution in [3.63, 3.8) is 0 Å². The number of rotatable bonds is 4. The molecule has 4 aromatic rings. The highest BCUT2D eigenvalue weighted by Gasteiger charge is 2.39. The number of nitrogens with one attached hydrogen (secondary N) is 2. The van der Waals surface area contributed by atoms with E-state index < -0.39 is 23.3 Å². The molecule has 2 aromatic carbocycles. The number of carbonyl (C=O) groups is 1. The number of amides is 1. The van der Waals surface area contributed by atoms with Gasteiger partial charge in [0.05, 0.1) is 16.9 Å². The Labute approximate surface area is 186 Å². The van der Waals surface area contributed by atoms with Crippen LogP contribution in [0.3, 0.4) is 0 Å². The van der Waals surface area contributed by atoms with Gasteiger partial charge in [0, 0.05) is 19.8 Å². The SMILES string of the molecule is Cc1[nH]c2c(-c3ccccc3)c(C(F)(F)F)nn2c(=O)c1C(=O)Nc1ccccc1N(C)C. The minimum absolute atomic E-state index is 0.123. The monoisotopic (exact) mass is 455 g/mol. The Morgan fingerprint density at radius 1 is 1.06 bits per heavy atom. The van der Waals surface area contributed by atoms with Crippen LogP contribution in [0.1, 0.15) is 21.7 Å². The van der Waals surface area contributed by atoms with Gasteiger partial charge in [-0.25, -0.2) is 0 Å². The van der Waals surface area contributed by atoms with Gasteiger partial charge >= 0.3 is 6.18 Å². The van der Waals surface area contributed by atoms with E-state index in [-0.39, 0.29) is 28.0 Å². The van der Waals surface area contributed by atoms with E-state index in [2.05, 4.69) is 15.4 Å². The molecule has 0 radical (unpaired) electrons. The maximum atomic E-state index is 13.8. The number of alkyl halides is 3. The molecule has 0 saturated carbocycles. The number of hydrogen-bond donors (Lipinski definition) is 2. The van der Waals surface area contributed by atoms with Gasteiger partial charge in [0.15, 0.2) is 5.69 Å². The van der Waals surface area contributed by atoms with Crippen LogP contribution < -0.4 is 15.8 Å². The van der Waals surface area contributed by atoms with Crippen LogP contribution in [0, 0.1) is 6.92 Å². The first-order chi connectivity index (χ1) is 15.6. The number of para-hydroxylation sites is 2. The number of hydrogen-bond acceptors (Lipinski definition) is 4. The van der Waals surface area contributed by atoms with Gasteiger partial charge in [0.25, 0.3) is 11.5 Å². The summed E-state index contributed by atoms with van der Waals surface area (Å²) in [6, 6.07) is 14.8. The summed E-state index contributed by atoms with van der Waals surface area (Å²) < 4.78 is 42.0. The molecule has 1 amide bonds. The molecule has 33 heavy (non-hydrogen) atoms. The number of H-pyrrole nitrogens is 1. The van der Waals surface area contributed by atoms with Crippen molar-refractivity contribution in [1.82, 2.24) is 14.6 Å². The highest BCUT2D eigenvalue weighted by Crippen LogP contribution is 2.38. The van der Waals surface area contributed by atoms with E-state index in [0.717, 1.165) is 0 Å². The Morgan fingerprint density at radius 3 is 2.33 bits per heavy atom. The van der Waals surface area contributed by atoms with E-state index in [1.54, 1.807) is 61.5 Å². The molecule has 2 heterocycles. The summed E-state index contributed by atoms with van der Waals surface area (Å²) in [7, 11) is 3.59. The Bertz CT molecular complexity index is 1410. The third kappa shape index (κ3) is 3.95. The second-order valence-electron chi connectivity index (χ2n) is 7.64. The summed E-state index contributed by atoms with van der Waals surface area (Å²) in [5.74, 6) is -0.754. The molecular formula is C23H20F3N5O2. The fourth-order valence-corrected chi connectivity index (χ4v) is 3.69. The van der Waals surface area contributed by atoms with Crippen molar-refractivity contribution >= 4 is 22.9 Å².